The van der Waals surface area contributed by atoms with E-state index in [-0.39, 0.29) is 5.82 Å². The fourth-order valence-electron chi connectivity index (χ4n) is 1.56. The van der Waals surface area contributed by atoms with Gasteiger partial charge in [0.1, 0.15) is 5.82 Å². The Bertz CT molecular complexity index is 526. The average Bonchev–Trinajstić information content (AvgIpc) is 2.41. The van der Waals surface area contributed by atoms with Crippen molar-refractivity contribution >= 4 is 5.69 Å². The van der Waals surface area contributed by atoms with Crippen molar-refractivity contribution < 1.29 is 9.13 Å². The summed E-state index contributed by atoms with van der Waals surface area (Å²) in [6, 6.07) is 8.87. The van der Waals surface area contributed by atoms with Crippen LogP contribution in [-0.4, -0.2) is 12.1 Å². The maximum Gasteiger partial charge on any atom is 0.213 e. The van der Waals surface area contributed by atoms with Crippen molar-refractivity contribution in [3.8, 4) is 5.88 Å². The molecule has 1 heterocycles. The molecule has 0 unspecified atom stereocenters. The van der Waals surface area contributed by atoms with Crippen LogP contribution in [0.25, 0.3) is 0 Å². The van der Waals surface area contributed by atoms with Crippen molar-refractivity contribution in [3.63, 3.8) is 0 Å². The zero-order valence-electron chi connectivity index (χ0n) is 10.4. The summed E-state index contributed by atoms with van der Waals surface area (Å²) in [5, 5.41) is 3.17. The number of benzene rings is 1. The van der Waals surface area contributed by atoms with Gasteiger partial charge in [0.2, 0.25) is 5.88 Å². The fraction of sp³-hybridized carbons (Fsp3) is 0.214. The Hall–Kier alpha value is -2.10. The number of anilines is 1. The van der Waals surface area contributed by atoms with Gasteiger partial charge in [-0.15, -0.1) is 0 Å². The van der Waals surface area contributed by atoms with E-state index in [9.17, 15) is 4.39 Å². The van der Waals surface area contributed by atoms with E-state index in [1.165, 1.54) is 0 Å². The normalized spacial score (nSPS) is 10.2. The Balaban J connectivity index is 1.99. The fourth-order valence-corrected chi connectivity index (χ4v) is 1.56. The highest BCUT2D eigenvalue weighted by atomic mass is 19.1. The predicted molar refractivity (Wildman–Crippen MR) is 69.3 cm³/mol. The molecular formula is C14H15FN2O. The van der Waals surface area contributed by atoms with Gasteiger partial charge in [0.15, 0.2) is 0 Å². The summed E-state index contributed by atoms with van der Waals surface area (Å²) in [6.07, 6.45) is 1.68. The number of halogens is 1. The molecule has 0 spiro atoms. The van der Waals surface area contributed by atoms with Crippen LogP contribution in [0.1, 0.15) is 11.1 Å². The molecule has 0 bridgehead atoms. The lowest BCUT2D eigenvalue weighted by Crippen LogP contribution is -2.01. The van der Waals surface area contributed by atoms with Crippen LogP contribution in [0.5, 0.6) is 5.88 Å². The highest BCUT2D eigenvalue weighted by Gasteiger charge is 2.00. The molecule has 0 atom stereocenters. The molecule has 94 valence electrons. The molecule has 4 heteroatoms. The molecule has 0 fully saturated rings. The third kappa shape index (κ3) is 2.97. The van der Waals surface area contributed by atoms with Crippen LogP contribution < -0.4 is 10.1 Å². The third-order valence-corrected chi connectivity index (χ3v) is 2.68. The molecule has 0 saturated heterocycles. The van der Waals surface area contributed by atoms with Crippen molar-refractivity contribution in [2.24, 2.45) is 0 Å². The number of pyridine rings is 1. The summed E-state index contributed by atoms with van der Waals surface area (Å²) in [6.45, 7) is 2.31. The maximum absolute atomic E-state index is 13.3. The van der Waals surface area contributed by atoms with Gasteiger partial charge in [0.05, 0.1) is 19.0 Å². The summed E-state index contributed by atoms with van der Waals surface area (Å²) in [7, 11) is 1.57. The van der Waals surface area contributed by atoms with E-state index in [0.717, 1.165) is 11.3 Å². The lowest BCUT2D eigenvalue weighted by Gasteiger charge is -2.07. The van der Waals surface area contributed by atoms with Gasteiger partial charge in [-0.1, -0.05) is 12.1 Å². The van der Waals surface area contributed by atoms with E-state index < -0.39 is 0 Å². The number of methoxy groups -OCH3 is 1. The molecule has 2 aromatic rings. The van der Waals surface area contributed by atoms with Gasteiger partial charge < -0.3 is 10.1 Å². The molecule has 1 aromatic heterocycles. The summed E-state index contributed by atoms with van der Waals surface area (Å²) < 4.78 is 18.3. The molecule has 0 aliphatic rings. The molecule has 2 rings (SSSR count). The number of nitrogens with one attached hydrogen (secondary N) is 1. The molecule has 1 N–H and O–H groups in total. The third-order valence-electron chi connectivity index (χ3n) is 2.68. The van der Waals surface area contributed by atoms with E-state index in [4.69, 9.17) is 4.74 Å². The molecule has 0 aliphatic heterocycles. The second-order valence-electron chi connectivity index (χ2n) is 4.03. The molecular weight excluding hydrogens is 231 g/mol. The molecule has 0 amide bonds. The molecule has 18 heavy (non-hydrogen) atoms. The minimum Gasteiger partial charge on any atom is -0.481 e. The van der Waals surface area contributed by atoms with Crippen molar-refractivity contribution in [2.45, 2.75) is 13.5 Å². The highest BCUT2D eigenvalue weighted by Crippen LogP contribution is 2.14. The topological polar surface area (TPSA) is 34.1 Å². The summed E-state index contributed by atoms with van der Waals surface area (Å²) in [5.74, 6) is 0.393. The van der Waals surface area contributed by atoms with Crippen LogP contribution in [0.3, 0.4) is 0 Å². The zero-order valence-corrected chi connectivity index (χ0v) is 10.4. The Kier molecular flexibility index (Phi) is 3.77. The minimum atomic E-state index is -0.179. The summed E-state index contributed by atoms with van der Waals surface area (Å²) in [5.41, 5.74) is 2.43. The Labute approximate surface area is 106 Å². The molecule has 0 radical (unpaired) electrons. The van der Waals surface area contributed by atoms with E-state index in [2.05, 4.69) is 10.3 Å². The second kappa shape index (κ2) is 5.49. The summed E-state index contributed by atoms with van der Waals surface area (Å²) in [4.78, 5) is 4.08. The average molecular weight is 246 g/mol. The van der Waals surface area contributed by atoms with Gasteiger partial charge in [-0.2, -0.15) is 0 Å². The van der Waals surface area contributed by atoms with Crippen molar-refractivity contribution in [1.82, 2.24) is 4.98 Å². The van der Waals surface area contributed by atoms with Gasteiger partial charge in [0, 0.05) is 12.6 Å². The van der Waals surface area contributed by atoms with Crippen LogP contribution in [-0.2, 0) is 6.54 Å². The van der Waals surface area contributed by atoms with E-state index in [1.54, 1.807) is 38.4 Å². The minimum absolute atomic E-state index is 0.179. The van der Waals surface area contributed by atoms with E-state index >= 15 is 0 Å². The molecule has 0 saturated carbocycles. The van der Waals surface area contributed by atoms with E-state index in [0.29, 0.717) is 18.0 Å². The lowest BCUT2D eigenvalue weighted by molar-refractivity contribution is 0.398. The first-order valence-electron chi connectivity index (χ1n) is 5.68. The SMILES string of the molecule is COc1ccc(NCc2ccc(C)c(F)c2)cn1. The van der Waals surface area contributed by atoms with Gasteiger partial charge in [0.25, 0.3) is 0 Å². The van der Waals surface area contributed by atoms with Crippen molar-refractivity contribution in [3.05, 3.63) is 53.5 Å². The Morgan fingerprint density at radius 3 is 2.72 bits per heavy atom. The number of rotatable bonds is 4. The van der Waals surface area contributed by atoms with Crippen molar-refractivity contribution in [1.29, 1.82) is 0 Å². The van der Waals surface area contributed by atoms with Gasteiger partial charge in [-0.05, 0) is 30.2 Å². The number of aromatic nitrogens is 1. The Morgan fingerprint density at radius 2 is 2.11 bits per heavy atom. The monoisotopic (exact) mass is 246 g/mol. The zero-order chi connectivity index (χ0) is 13.0. The van der Waals surface area contributed by atoms with Gasteiger partial charge in [-0.25, -0.2) is 9.37 Å². The number of hydrogen-bond acceptors (Lipinski definition) is 3. The number of aryl methyl sites for hydroxylation is 1. The van der Waals surface area contributed by atoms with E-state index in [1.807, 2.05) is 12.1 Å². The molecule has 3 nitrogen and oxygen atoms in total. The quantitative estimate of drug-likeness (QED) is 0.899. The van der Waals surface area contributed by atoms with Gasteiger partial charge >= 0.3 is 0 Å². The first kappa shape index (κ1) is 12.4. The smallest absolute Gasteiger partial charge is 0.213 e. The van der Waals surface area contributed by atoms with Crippen LogP contribution in [0.2, 0.25) is 0 Å². The Morgan fingerprint density at radius 1 is 1.28 bits per heavy atom. The number of ether oxygens (including phenoxy) is 1. The van der Waals surface area contributed by atoms with Crippen LogP contribution in [0.15, 0.2) is 36.5 Å². The van der Waals surface area contributed by atoms with Crippen LogP contribution >= 0.6 is 0 Å². The number of hydrogen-bond donors (Lipinski definition) is 1. The largest absolute Gasteiger partial charge is 0.481 e. The summed E-state index contributed by atoms with van der Waals surface area (Å²) >= 11 is 0. The first-order chi connectivity index (χ1) is 8.69. The lowest BCUT2D eigenvalue weighted by atomic mass is 10.1. The van der Waals surface area contributed by atoms with Crippen LogP contribution in [0.4, 0.5) is 10.1 Å². The standard InChI is InChI=1S/C14H15FN2O/c1-10-3-4-11(7-13(10)15)8-16-12-5-6-14(18-2)17-9-12/h3-7,9,16H,8H2,1-2H3. The van der Waals surface area contributed by atoms with Gasteiger partial charge in [-0.3, -0.25) is 0 Å². The molecule has 0 aliphatic carbocycles. The number of nitrogens with zero attached hydrogens (tertiary/aromatic N) is 1. The highest BCUT2D eigenvalue weighted by molar-refractivity contribution is 5.42. The van der Waals surface area contributed by atoms with Crippen LogP contribution in [0, 0.1) is 12.7 Å². The maximum atomic E-state index is 13.3. The van der Waals surface area contributed by atoms with Crippen molar-refractivity contribution in [2.75, 3.05) is 12.4 Å². The first-order valence-corrected chi connectivity index (χ1v) is 5.68. The predicted octanol–water partition coefficient (Wildman–Crippen LogP) is 3.15. The molecule has 1 aromatic carbocycles. The second-order valence-corrected chi connectivity index (χ2v) is 4.03.